The van der Waals surface area contributed by atoms with Crippen molar-refractivity contribution >= 4 is 11.9 Å². The van der Waals surface area contributed by atoms with Crippen molar-refractivity contribution in [3.63, 3.8) is 0 Å². The van der Waals surface area contributed by atoms with E-state index in [1.807, 2.05) is 26.0 Å². The van der Waals surface area contributed by atoms with E-state index in [0.717, 1.165) is 12.5 Å². The fraction of sp³-hybridized carbons (Fsp3) is 0.500. The van der Waals surface area contributed by atoms with Crippen molar-refractivity contribution in [2.75, 3.05) is 6.54 Å². The first-order chi connectivity index (χ1) is 10.7. The lowest BCUT2D eigenvalue weighted by Crippen LogP contribution is -2.51. The van der Waals surface area contributed by atoms with Gasteiger partial charge in [-0.05, 0) is 43.9 Å². The summed E-state index contributed by atoms with van der Waals surface area (Å²) in [6.45, 7) is 4.89. The maximum Gasteiger partial charge on any atom is 0.337 e. The monoisotopic (exact) mass is 321 g/mol. The van der Waals surface area contributed by atoms with Gasteiger partial charge in [0, 0.05) is 6.04 Å². The van der Waals surface area contributed by atoms with Crippen molar-refractivity contribution < 1.29 is 19.8 Å². The summed E-state index contributed by atoms with van der Waals surface area (Å²) in [5, 5.41) is 20.9. The summed E-state index contributed by atoms with van der Waals surface area (Å²) in [4.78, 5) is 22.9. The second-order valence-corrected chi connectivity index (χ2v) is 6.27. The Hall–Kier alpha value is -1.96. The number of carbonyl (C=O) groups excluding carboxylic acids is 1. The molecule has 1 aliphatic heterocycles. The maximum atomic E-state index is 12.1. The van der Waals surface area contributed by atoms with E-state index in [-0.39, 0.29) is 18.5 Å². The number of carbonyl (C=O) groups is 2. The van der Waals surface area contributed by atoms with E-state index >= 15 is 0 Å². The van der Waals surface area contributed by atoms with E-state index in [2.05, 4.69) is 22.2 Å². The first-order valence-corrected chi connectivity index (χ1v) is 7.52. The smallest absolute Gasteiger partial charge is 0.337 e. The molecule has 1 aromatic rings. The average molecular weight is 321 g/mol. The molecule has 1 fully saturated rings. The Balaban J connectivity index is 1.93. The summed E-state index contributed by atoms with van der Waals surface area (Å²) in [7, 11) is 0. The van der Waals surface area contributed by atoms with Crippen LogP contribution in [0.4, 0.5) is 0 Å². The Morgan fingerprint density at radius 2 is 2.00 bits per heavy atom. The highest BCUT2D eigenvalue weighted by molar-refractivity contribution is 5.83. The highest BCUT2D eigenvalue weighted by Crippen LogP contribution is 2.24. The first-order valence-electron chi connectivity index (χ1n) is 7.52. The van der Waals surface area contributed by atoms with E-state index in [9.17, 15) is 14.7 Å². The van der Waals surface area contributed by atoms with Gasteiger partial charge >= 0.3 is 5.97 Å². The number of hydrazine groups is 1. The minimum absolute atomic E-state index is 0.00466. The minimum Gasteiger partial charge on any atom is -0.479 e. The molecule has 0 aliphatic carbocycles. The van der Waals surface area contributed by atoms with Crippen LogP contribution >= 0.6 is 0 Å². The summed E-state index contributed by atoms with van der Waals surface area (Å²) >= 11 is 0. The molecule has 126 valence electrons. The van der Waals surface area contributed by atoms with Crippen LogP contribution in [0.2, 0.25) is 0 Å². The van der Waals surface area contributed by atoms with Crippen molar-refractivity contribution in [3.05, 3.63) is 34.9 Å². The molecule has 1 saturated heterocycles. The molecule has 1 heterocycles. The average Bonchev–Trinajstić information content (AvgIpc) is 2.97. The zero-order valence-corrected chi connectivity index (χ0v) is 13.5. The molecule has 0 bridgehead atoms. The van der Waals surface area contributed by atoms with Crippen molar-refractivity contribution in [2.45, 2.75) is 44.9 Å². The quantitative estimate of drug-likeness (QED) is 0.528. The Morgan fingerprint density at radius 1 is 1.30 bits per heavy atom. The van der Waals surface area contributed by atoms with Crippen molar-refractivity contribution in [3.8, 4) is 0 Å². The van der Waals surface area contributed by atoms with E-state index in [1.165, 1.54) is 11.1 Å². The standard InChI is InChI=1S/C16H23N3O4/c1-9-4-5-11(6-10(9)2)12-7-13(19-18-12)14(20)17-8-16(3,23)15(21)22/h4-6,12-13,18-19,23H,7-8H2,1-3H3,(H,17,20)(H,21,22). The van der Waals surface area contributed by atoms with Crippen molar-refractivity contribution in [2.24, 2.45) is 0 Å². The summed E-state index contributed by atoms with van der Waals surface area (Å²) in [6, 6.07) is 5.68. The SMILES string of the molecule is Cc1ccc(C2CC(C(=O)NCC(C)(O)C(=O)O)NN2)cc1C. The van der Waals surface area contributed by atoms with E-state index in [1.54, 1.807) is 0 Å². The molecule has 0 aromatic heterocycles. The number of carboxylic acids is 1. The van der Waals surface area contributed by atoms with Crippen LogP contribution in [-0.4, -0.2) is 40.3 Å². The van der Waals surface area contributed by atoms with Gasteiger partial charge in [0.2, 0.25) is 5.91 Å². The fourth-order valence-electron chi connectivity index (χ4n) is 2.39. The lowest BCUT2D eigenvalue weighted by atomic mass is 9.98. The molecule has 3 unspecified atom stereocenters. The number of aryl methyl sites for hydroxylation is 2. The van der Waals surface area contributed by atoms with Crippen LogP contribution in [-0.2, 0) is 9.59 Å². The van der Waals surface area contributed by atoms with Gasteiger partial charge in [-0.2, -0.15) is 0 Å². The maximum absolute atomic E-state index is 12.1. The molecule has 0 radical (unpaired) electrons. The molecule has 3 atom stereocenters. The van der Waals surface area contributed by atoms with Gasteiger partial charge in [-0.25, -0.2) is 15.6 Å². The lowest BCUT2D eigenvalue weighted by Gasteiger charge is -2.19. The topological polar surface area (TPSA) is 111 Å². The molecule has 1 aliphatic rings. The number of rotatable bonds is 5. The normalized spacial score (nSPS) is 23.3. The molecule has 23 heavy (non-hydrogen) atoms. The summed E-state index contributed by atoms with van der Waals surface area (Å²) < 4.78 is 0. The van der Waals surface area contributed by atoms with Gasteiger partial charge in [-0.3, -0.25) is 4.79 Å². The largest absolute Gasteiger partial charge is 0.479 e. The number of nitrogens with one attached hydrogen (secondary N) is 3. The number of hydrogen-bond donors (Lipinski definition) is 5. The van der Waals surface area contributed by atoms with Gasteiger partial charge in [0.1, 0.15) is 6.04 Å². The van der Waals surface area contributed by atoms with Gasteiger partial charge in [0.25, 0.3) is 0 Å². The van der Waals surface area contributed by atoms with Crippen LogP contribution in [0.3, 0.4) is 0 Å². The highest BCUT2D eigenvalue weighted by Gasteiger charge is 2.34. The molecular weight excluding hydrogens is 298 g/mol. The Labute approximate surface area is 135 Å². The van der Waals surface area contributed by atoms with Crippen LogP contribution in [0, 0.1) is 13.8 Å². The van der Waals surface area contributed by atoms with Gasteiger partial charge in [0.05, 0.1) is 6.54 Å². The summed E-state index contributed by atoms with van der Waals surface area (Å²) in [5.74, 6) is -1.71. The Bertz CT molecular complexity index is 615. The van der Waals surface area contributed by atoms with Gasteiger partial charge < -0.3 is 15.5 Å². The van der Waals surface area contributed by atoms with Crippen LogP contribution in [0.25, 0.3) is 0 Å². The molecule has 0 saturated carbocycles. The molecule has 7 nitrogen and oxygen atoms in total. The predicted octanol–water partition coefficient (Wildman–Crippen LogP) is 0.163. The van der Waals surface area contributed by atoms with E-state index in [0.29, 0.717) is 6.42 Å². The Kier molecular flexibility index (Phi) is 5.03. The van der Waals surface area contributed by atoms with Crippen LogP contribution in [0.5, 0.6) is 0 Å². The van der Waals surface area contributed by atoms with Crippen LogP contribution in [0.1, 0.15) is 36.1 Å². The highest BCUT2D eigenvalue weighted by atomic mass is 16.4. The Morgan fingerprint density at radius 3 is 2.61 bits per heavy atom. The molecule has 1 aromatic carbocycles. The van der Waals surface area contributed by atoms with Crippen LogP contribution < -0.4 is 16.2 Å². The molecule has 0 spiro atoms. The second-order valence-electron chi connectivity index (χ2n) is 6.27. The molecule has 1 amide bonds. The predicted molar refractivity (Wildman–Crippen MR) is 84.6 cm³/mol. The molecule has 7 heteroatoms. The summed E-state index contributed by atoms with van der Waals surface area (Å²) in [6.07, 6.45) is 0.545. The molecular formula is C16H23N3O4. The number of aliphatic hydroxyl groups is 1. The van der Waals surface area contributed by atoms with E-state index < -0.39 is 17.6 Å². The van der Waals surface area contributed by atoms with Crippen molar-refractivity contribution in [1.82, 2.24) is 16.2 Å². The lowest BCUT2D eigenvalue weighted by molar-refractivity contribution is -0.156. The third-order valence-corrected chi connectivity index (χ3v) is 4.22. The van der Waals surface area contributed by atoms with Gasteiger partial charge in [0.15, 0.2) is 5.60 Å². The van der Waals surface area contributed by atoms with E-state index in [4.69, 9.17) is 5.11 Å². The number of aliphatic carboxylic acids is 1. The number of benzene rings is 1. The molecule has 5 N–H and O–H groups in total. The summed E-state index contributed by atoms with van der Waals surface area (Å²) in [5.41, 5.74) is 7.51. The first kappa shape index (κ1) is 17.4. The third kappa shape index (κ3) is 4.07. The zero-order chi connectivity index (χ0) is 17.2. The van der Waals surface area contributed by atoms with Crippen molar-refractivity contribution in [1.29, 1.82) is 0 Å². The second kappa shape index (κ2) is 6.66. The van der Waals surface area contributed by atoms with Crippen LogP contribution in [0.15, 0.2) is 18.2 Å². The zero-order valence-electron chi connectivity index (χ0n) is 13.5. The van der Waals surface area contributed by atoms with Gasteiger partial charge in [-0.15, -0.1) is 0 Å². The fourth-order valence-corrected chi connectivity index (χ4v) is 2.39. The number of hydrogen-bond acceptors (Lipinski definition) is 5. The minimum atomic E-state index is -1.98. The number of carboxylic acid groups (broad SMARTS) is 1. The van der Waals surface area contributed by atoms with Gasteiger partial charge in [-0.1, -0.05) is 18.2 Å². The number of amides is 1. The molecule has 2 rings (SSSR count). The third-order valence-electron chi connectivity index (χ3n) is 4.22.